The van der Waals surface area contributed by atoms with Crippen molar-refractivity contribution in [1.29, 1.82) is 0 Å². The fourth-order valence-corrected chi connectivity index (χ4v) is 2.26. The summed E-state index contributed by atoms with van der Waals surface area (Å²) in [6.45, 7) is 3.69. The zero-order valence-electron chi connectivity index (χ0n) is 10.5. The van der Waals surface area contributed by atoms with Crippen molar-refractivity contribution in [2.75, 3.05) is 0 Å². The molecule has 2 rings (SSSR count). The first kappa shape index (κ1) is 13.6. The van der Waals surface area contributed by atoms with Gasteiger partial charge in [-0.05, 0) is 44.2 Å². The number of hydrogen-bond acceptors (Lipinski definition) is 1. The Morgan fingerprint density at radius 3 is 2.58 bits per heavy atom. The average molecular weight is 282 g/mol. The predicted octanol–water partition coefficient (Wildman–Crippen LogP) is 4.23. The lowest BCUT2D eigenvalue weighted by atomic mass is 10.1. The van der Waals surface area contributed by atoms with Crippen LogP contribution >= 0.6 is 11.6 Å². The Bertz CT molecular complexity index is 634. The van der Waals surface area contributed by atoms with Gasteiger partial charge in [0, 0.05) is 16.6 Å². The number of aromatic nitrogens is 1. The molecule has 0 saturated carbocycles. The van der Waals surface area contributed by atoms with Gasteiger partial charge in [-0.3, -0.25) is 0 Å². The summed E-state index contributed by atoms with van der Waals surface area (Å²) in [7, 11) is 0. The molecular formula is C14H13ClFNO2. The Morgan fingerprint density at radius 1 is 1.32 bits per heavy atom. The van der Waals surface area contributed by atoms with Gasteiger partial charge in [0.2, 0.25) is 0 Å². The minimum Gasteiger partial charge on any atom is -0.477 e. The lowest BCUT2D eigenvalue weighted by Gasteiger charge is -2.16. The SMILES string of the molecule is CC(C)n1c(C(=O)O)ccc1-c1cc(Cl)ccc1F. The van der Waals surface area contributed by atoms with E-state index in [2.05, 4.69) is 0 Å². The highest BCUT2D eigenvalue weighted by molar-refractivity contribution is 6.30. The molecule has 1 aromatic carbocycles. The van der Waals surface area contributed by atoms with Crippen molar-refractivity contribution < 1.29 is 14.3 Å². The number of carboxylic acid groups (broad SMARTS) is 1. The standard InChI is InChI=1S/C14H13ClFNO2/c1-8(2)17-12(5-6-13(17)14(18)19)10-7-9(15)3-4-11(10)16/h3-8H,1-2H3,(H,18,19). The summed E-state index contributed by atoms with van der Waals surface area (Å²) >= 11 is 5.88. The van der Waals surface area contributed by atoms with Crippen LogP contribution in [-0.4, -0.2) is 15.6 Å². The number of hydrogen-bond donors (Lipinski definition) is 1. The molecule has 1 heterocycles. The number of halogens is 2. The van der Waals surface area contributed by atoms with Crippen LogP contribution in [0.4, 0.5) is 4.39 Å². The van der Waals surface area contributed by atoms with E-state index in [9.17, 15) is 9.18 Å². The molecule has 0 unspecified atom stereocenters. The van der Waals surface area contributed by atoms with E-state index in [0.717, 1.165) is 0 Å². The highest BCUT2D eigenvalue weighted by Gasteiger charge is 2.19. The number of nitrogens with zero attached hydrogens (tertiary/aromatic N) is 1. The molecule has 1 N–H and O–H groups in total. The largest absolute Gasteiger partial charge is 0.477 e. The van der Waals surface area contributed by atoms with Crippen molar-refractivity contribution in [2.24, 2.45) is 0 Å². The summed E-state index contributed by atoms with van der Waals surface area (Å²) in [6, 6.07) is 7.19. The van der Waals surface area contributed by atoms with E-state index in [1.165, 1.54) is 24.3 Å². The number of benzene rings is 1. The Kier molecular flexibility index (Phi) is 3.62. The van der Waals surface area contributed by atoms with E-state index < -0.39 is 11.8 Å². The first-order chi connectivity index (χ1) is 8.91. The second-order valence-corrected chi connectivity index (χ2v) is 4.93. The van der Waals surface area contributed by atoms with Crippen LogP contribution in [0, 0.1) is 5.82 Å². The smallest absolute Gasteiger partial charge is 0.352 e. The molecule has 0 saturated heterocycles. The van der Waals surface area contributed by atoms with E-state index in [-0.39, 0.29) is 11.7 Å². The van der Waals surface area contributed by atoms with Gasteiger partial charge in [0.25, 0.3) is 0 Å². The number of aromatic carboxylic acids is 1. The van der Waals surface area contributed by atoms with E-state index in [4.69, 9.17) is 16.7 Å². The summed E-state index contributed by atoms with van der Waals surface area (Å²) in [4.78, 5) is 11.2. The van der Waals surface area contributed by atoms with Crippen LogP contribution in [0.3, 0.4) is 0 Å². The molecule has 0 radical (unpaired) electrons. The van der Waals surface area contributed by atoms with Gasteiger partial charge >= 0.3 is 5.97 Å². The van der Waals surface area contributed by atoms with Gasteiger partial charge in [0.1, 0.15) is 11.5 Å². The Labute approximate surface area is 115 Å². The summed E-state index contributed by atoms with van der Waals surface area (Å²) in [5.41, 5.74) is 0.936. The monoisotopic (exact) mass is 281 g/mol. The van der Waals surface area contributed by atoms with E-state index in [1.54, 1.807) is 10.6 Å². The Balaban J connectivity index is 2.69. The van der Waals surface area contributed by atoms with Gasteiger partial charge < -0.3 is 9.67 Å². The van der Waals surface area contributed by atoms with Crippen molar-refractivity contribution in [2.45, 2.75) is 19.9 Å². The van der Waals surface area contributed by atoms with Gasteiger partial charge in [0.05, 0.1) is 5.69 Å². The zero-order valence-corrected chi connectivity index (χ0v) is 11.3. The summed E-state index contributed by atoms with van der Waals surface area (Å²) in [6.07, 6.45) is 0. The molecule has 100 valence electrons. The van der Waals surface area contributed by atoms with Crippen LogP contribution in [0.1, 0.15) is 30.4 Å². The molecule has 19 heavy (non-hydrogen) atoms. The van der Waals surface area contributed by atoms with Crippen molar-refractivity contribution in [3.05, 3.63) is 46.9 Å². The summed E-state index contributed by atoms with van der Waals surface area (Å²) in [5.74, 6) is -1.47. The van der Waals surface area contributed by atoms with Gasteiger partial charge in [-0.1, -0.05) is 11.6 Å². The molecule has 0 fully saturated rings. The van der Waals surface area contributed by atoms with Crippen LogP contribution in [-0.2, 0) is 0 Å². The first-order valence-corrected chi connectivity index (χ1v) is 6.19. The molecule has 0 aliphatic carbocycles. The maximum absolute atomic E-state index is 13.9. The molecular weight excluding hydrogens is 269 g/mol. The van der Waals surface area contributed by atoms with Crippen molar-refractivity contribution in [3.63, 3.8) is 0 Å². The van der Waals surface area contributed by atoms with Crippen LogP contribution in [0.15, 0.2) is 30.3 Å². The molecule has 0 aliphatic rings. The zero-order chi connectivity index (χ0) is 14.2. The third-order valence-electron chi connectivity index (χ3n) is 2.86. The van der Waals surface area contributed by atoms with Crippen LogP contribution < -0.4 is 0 Å². The minimum absolute atomic E-state index is 0.102. The third-order valence-corrected chi connectivity index (χ3v) is 3.09. The first-order valence-electron chi connectivity index (χ1n) is 5.81. The second-order valence-electron chi connectivity index (χ2n) is 4.50. The van der Waals surface area contributed by atoms with E-state index in [1.807, 2.05) is 13.8 Å². The molecule has 2 aromatic rings. The quantitative estimate of drug-likeness (QED) is 0.915. The maximum atomic E-state index is 13.9. The number of rotatable bonds is 3. The molecule has 0 bridgehead atoms. The fraction of sp³-hybridized carbons (Fsp3) is 0.214. The van der Waals surface area contributed by atoms with E-state index >= 15 is 0 Å². The highest BCUT2D eigenvalue weighted by atomic mass is 35.5. The third kappa shape index (κ3) is 2.49. The lowest BCUT2D eigenvalue weighted by Crippen LogP contribution is -2.12. The molecule has 0 spiro atoms. The topological polar surface area (TPSA) is 42.2 Å². The van der Waals surface area contributed by atoms with Gasteiger partial charge in [-0.15, -0.1) is 0 Å². The Hall–Kier alpha value is -1.81. The fourth-order valence-electron chi connectivity index (χ4n) is 2.09. The predicted molar refractivity (Wildman–Crippen MR) is 72.2 cm³/mol. The van der Waals surface area contributed by atoms with Crippen LogP contribution in [0.2, 0.25) is 5.02 Å². The van der Waals surface area contributed by atoms with Crippen molar-refractivity contribution in [3.8, 4) is 11.3 Å². The average Bonchev–Trinajstić information content (AvgIpc) is 2.76. The lowest BCUT2D eigenvalue weighted by molar-refractivity contribution is 0.0683. The highest BCUT2D eigenvalue weighted by Crippen LogP contribution is 2.30. The summed E-state index contributed by atoms with van der Waals surface area (Å²) in [5, 5.41) is 9.57. The second kappa shape index (κ2) is 5.05. The molecule has 3 nitrogen and oxygen atoms in total. The number of carboxylic acids is 1. The molecule has 0 amide bonds. The molecule has 1 aromatic heterocycles. The normalized spacial score (nSPS) is 11.0. The van der Waals surface area contributed by atoms with Gasteiger partial charge in [-0.25, -0.2) is 9.18 Å². The molecule has 0 atom stereocenters. The van der Waals surface area contributed by atoms with Gasteiger partial charge in [0.15, 0.2) is 0 Å². The number of carbonyl (C=O) groups is 1. The summed E-state index contributed by atoms with van der Waals surface area (Å²) < 4.78 is 15.5. The van der Waals surface area contributed by atoms with Crippen LogP contribution in [0.25, 0.3) is 11.3 Å². The molecule has 0 aliphatic heterocycles. The van der Waals surface area contributed by atoms with E-state index in [0.29, 0.717) is 16.3 Å². The molecule has 5 heteroatoms. The maximum Gasteiger partial charge on any atom is 0.352 e. The Morgan fingerprint density at radius 2 is 2.00 bits per heavy atom. The minimum atomic E-state index is -1.04. The van der Waals surface area contributed by atoms with Crippen molar-refractivity contribution in [1.82, 2.24) is 4.57 Å². The van der Waals surface area contributed by atoms with Crippen molar-refractivity contribution >= 4 is 17.6 Å². The van der Waals surface area contributed by atoms with Gasteiger partial charge in [-0.2, -0.15) is 0 Å². The van der Waals surface area contributed by atoms with Crippen LogP contribution in [0.5, 0.6) is 0 Å².